The fourth-order valence-corrected chi connectivity index (χ4v) is 6.37. The van der Waals surface area contributed by atoms with Crippen molar-refractivity contribution in [3.63, 3.8) is 0 Å². The van der Waals surface area contributed by atoms with Crippen molar-refractivity contribution in [2.24, 2.45) is 0 Å². The average molecular weight is 614 g/mol. The van der Waals surface area contributed by atoms with E-state index in [1.807, 2.05) is 36.4 Å². The van der Waals surface area contributed by atoms with E-state index in [0.29, 0.717) is 0 Å². The van der Waals surface area contributed by atoms with Gasteiger partial charge in [0.15, 0.2) is 0 Å². The summed E-state index contributed by atoms with van der Waals surface area (Å²) < 4.78 is 57.6. The van der Waals surface area contributed by atoms with Crippen molar-refractivity contribution in [3.05, 3.63) is 74.6 Å². The van der Waals surface area contributed by atoms with Gasteiger partial charge in [0.25, 0.3) is 5.56 Å². The summed E-state index contributed by atoms with van der Waals surface area (Å²) in [6.45, 7) is -0.919. The Morgan fingerprint density at radius 2 is 1.74 bits per heavy atom. The van der Waals surface area contributed by atoms with E-state index in [1.165, 1.54) is 6.20 Å². The molecule has 0 amide bonds. The van der Waals surface area contributed by atoms with Crippen molar-refractivity contribution >= 4 is 29.5 Å². The van der Waals surface area contributed by atoms with Gasteiger partial charge in [-0.3, -0.25) is 18.9 Å². The summed E-state index contributed by atoms with van der Waals surface area (Å²) in [6, 6.07) is 9.40. The predicted octanol–water partition coefficient (Wildman–Crippen LogP) is 0.758. The molecule has 6 N–H and O–H groups in total. The van der Waals surface area contributed by atoms with Crippen LogP contribution in [0.5, 0.6) is 0 Å². The van der Waals surface area contributed by atoms with Crippen molar-refractivity contribution in [1.82, 2.24) is 9.55 Å². The molecule has 2 heterocycles. The number of nitrogens with zero attached hydrogens (tertiary/aromatic N) is 1. The average Bonchev–Trinajstić information content (AvgIpc) is 3.17. The normalized spacial score (nSPS) is 23.1. The third-order valence-electron chi connectivity index (χ3n) is 4.96. The molecule has 2 unspecified atom stereocenters. The minimum Gasteiger partial charge on any atom is -0.390 e. The van der Waals surface area contributed by atoms with E-state index in [2.05, 4.69) is 18.1 Å². The second kappa shape index (κ2) is 13.1. The Morgan fingerprint density at radius 1 is 1.05 bits per heavy atom. The summed E-state index contributed by atoms with van der Waals surface area (Å²) in [5, 5.41) is 10.2. The van der Waals surface area contributed by atoms with Crippen LogP contribution in [0.1, 0.15) is 23.8 Å². The van der Waals surface area contributed by atoms with Gasteiger partial charge in [-0.15, -0.1) is 0 Å². The van der Waals surface area contributed by atoms with Crippen molar-refractivity contribution in [1.29, 1.82) is 0 Å². The molecule has 5 atom stereocenters. The predicted molar refractivity (Wildman–Crippen MR) is 131 cm³/mol. The highest BCUT2D eigenvalue weighted by Crippen LogP contribution is 2.66. The largest absolute Gasteiger partial charge is 0.490 e. The minimum absolute atomic E-state index is 0.0671. The van der Waals surface area contributed by atoms with Gasteiger partial charge in [-0.2, -0.15) is 8.62 Å². The van der Waals surface area contributed by atoms with Crippen molar-refractivity contribution in [2.45, 2.75) is 31.5 Å². The van der Waals surface area contributed by atoms with Crippen LogP contribution in [-0.2, 0) is 42.9 Å². The van der Waals surface area contributed by atoms with Crippen molar-refractivity contribution in [3.8, 4) is 0 Å². The number of aromatic nitrogens is 2. The number of benzene rings is 1. The first-order valence-electron chi connectivity index (χ1n) is 10.9. The van der Waals surface area contributed by atoms with Gasteiger partial charge < -0.3 is 34.2 Å². The second-order valence-corrected chi connectivity index (χ2v) is 12.4. The first kappa shape index (κ1) is 31.5. The van der Waals surface area contributed by atoms with E-state index >= 15 is 0 Å². The monoisotopic (exact) mass is 614 g/mol. The van der Waals surface area contributed by atoms with Gasteiger partial charge in [-0.1, -0.05) is 42.5 Å². The van der Waals surface area contributed by atoms with E-state index < -0.39 is 59.8 Å². The number of aliphatic hydroxyl groups excluding tert-OH is 1. The highest BCUT2D eigenvalue weighted by Gasteiger charge is 2.43. The standard InChI is InChI=1S/C19H25N2O15P3/c22-15-9-17(34-16(15)12-33-38(28,29)36-39(30,31)35-37(25,26)27)21-10-14(18(23)20-19(21)24)11-32-8-4-7-13-5-2-1-3-6-13/h1-7,10,15-17,22H,8-9,11-12H2,(H,28,29)(H,30,31)(H,20,23,24)(H2,25,26,27)/b7-4+/t15-,16+,17+/m0/s1. The quantitative estimate of drug-likeness (QED) is 0.134. The van der Waals surface area contributed by atoms with Crippen LogP contribution in [-0.4, -0.2) is 59.7 Å². The summed E-state index contributed by atoms with van der Waals surface area (Å²) in [5.74, 6) is 0. The Kier molecular flexibility index (Phi) is 10.5. The van der Waals surface area contributed by atoms with Gasteiger partial charge in [-0.25, -0.2) is 18.5 Å². The summed E-state index contributed by atoms with van der Waals surface area (Å²) in [7, 11) is -16.7. The molecular formula is C19H25N2O15P3. The number of nitrogens with one attached hydrogen (secondary N) is 1. The molecule has 1 fully saturated rings. The third kappa shape index (κ3) is 10.1. The molecule has 1 aliphatic heterocycles. The Bertz CT molecular complexity index is 1420. The first-order chi connectivity index (χ1) is 18.1. The molecule has 0 spiro atoms. The fraction of sp³-hybridized carbons (Fsp3) is 0.368. The Hall–Kier alpha value is -2.07. The number of phosphoric acid groups is 3. The van der Waals surface area contributed by atoms with E-state index in [-0.39, 0.29) is 25.2 Å². The number of rotatable bonds is 13. The van der Waals surface area contributed by atoms with Crippen molar-refractivity contribution < 1.29 is 61.0 Å². The highest BCUT2D eigenvalue weighted by molar-refractivity contribution is 7.66. The first-order valence-corrected chi connectivity index (χ1v) is 15.4. The van der Waals surface area contributed by atoms with Crippen LogP contribution in [0.15, 0.2) is 52.2 Å². The maximum absolute atomic E-state index is 12.3. The van der Waals surface area contributed by atoms with E-state index in [9.17, 15) is 38.2 Å². The van der Waals surface area contributed by atoms with Crippen LogP contribution >= 0.6 is 23.5 Å². The number of ether oxygens (including phenoxy) is 2. The van der Waals surface area contributed by atoms with E-state index in [4.69, 9.17) is 19.3 Å². The number of aliphatic hydroxyl groups is 1. The van der Waals surface area contributed by atoms with Crippen LogP contribution in [0, 0.1) is 0 Å². The second-order valence-electron chi connectivity index (χ2n) is 7.97. The third-order valence-corrected chi connectivity index (χ3v) is 8.76. The molecule has 20 heteroatoms. The lowest BCUT2D eigenvalue weighted by molar-refractivity contribution is -0.0451. The zero-order valence-electron chi connectivity index (χ0n) is 19.8. The van der Waals surface area contributed by atoms with Gasteiger partial charge in [0.2, 0.25) is 0 Å². The van der Waals surface area contributed by atoms with Gasteiger partial charge in [0.1, 0.15) is 12.3 Å². The summed E-state index contributed by atoms with van der Waals surface area (Å²) >= 11 is 0. The molecule has 0 radical (unpaired) electrons. The molecule has 0 bridgehead atoms. The molecule has 1 aromatic carbocycles. The minimum atomic E-state index is -5.72. The molecule has 3 rings (SSSR count). The molecule has 0 aliphatic carbocycles. The van der Waals surface area contributed by atoms with Crippen LogP contribution in [0.2, 0.25) is 0 Å². The van der Waals surface area contributed by atoms with Gasteiger partial charge in [0.05, 0.1) is 31.5 Å². The van der Waals surface area contributed by atoms with Crippen LogP contribution in [0.4, 0.5) is 0 Å². The maximum Gasteiger partial charge on any atom is 0.490 e. The Balaban J connectivity index is 1.59. The molecule has 17 nitrogen and oxygen atoms in total. The number of H-pyrrole nitrogens is 1. The highest BCUT2D eigenvalue weighted by atomic mass is 31.3. The molecule has 0 saturated carbocycles. The van der Waals surface area contributed by atoms with Crippen molar-refractivity contribution in [2.75, 3.05) is 13.2 Å². The summed E-state index contributed by atoms with van der Waals surface area (Å²) in [4.78, 5) is 62.5. The number of hydrogen-bond donors (Lipinski definition) is 6. The van der Waals surface area contributed by atoms with Gasteiger partial charge in [0, 0.05) is 12.6 Å². The van der Waals surface area contributed by atoms with Gasteiger partial charge in [-0.05, 0) is 5.56 Å². The summed E-state index contributed by atoms with van der Waals surface area (Å²) in [5.41, 5.74) is -0.561. The Morgan fingerprint density at radius 3 is 2.41 bits per heavy atom. The smallest absolute Gasteiger partial charge is 0.390 e. The molecule has 1 saturated heterocycles. The van der Waals surface area contributed by atoms with Crippen LogP contribution < -0.4 is 11.2 Å². The van der Waals surface area contributed by atoms with Gasteiger partial charge >= 0.3 is 29.2 Å². The number of phosphoric ester groups is 1. The zero-order chi connectivity index (χ0) is 28.8. The molecule has 2 aromatic rings. The molecule has 1 aliphatic rings. The maximum atomic E-state index is 12.3. The van der Waals surface area contributed by atoms with Crippen LogP contribution in [0.25, 0.3) is 6.08 Å². The molecule has 1 aromatic heterocycles. The zero-order valence-corrected chi connectivity index (χ0v) is 22.5. The molecule has 39 heavy (non-hydrogen) atoms. The lowest BCUT2D eigenvalue weighted by Gasteiger charge is -2.19. The SMILES string of the molecule is O=c1[nH]c(=O)n([C@H]2C[C@H](O)[C@@H](COP(=O)(O)OP(=O)(O)OP(=O)(O)O)O2)cc1COC/C=C/c1ccccc1. The topological polar surface area (TPSA) is 253 Å². The summed E-state index contributed by atoms with van der Waals surface area (Å²) in [6.07, 6.45) is 0.612. The van der Waals surface area contributed by atoms with E-state index in [1.54, 1.807) is 6.08 Å². The Labute approximate surface area is 219 Å². The van der Waals surface area contributed by atoms with E-state index in [0.717, 1.165) is 10.1 Å². The number of aromatic amines is 1. The van der Waals surface area contributed by atoms with Crippen LogP contribution in [0.3, 0.4) is 0 Å². The fourth-order valence-electron chi connectivity index (χ4n) is 3.34. The lowest BCUT2D eigenvalue weighted by Crippen LogP contribution is -2.34. The molecular weight excluding hydrogens is 589 g/mol. The lowest BCUT2D eigenvalue weighted by atomic mass is 10.2. The number of hydrogen-bond acceptors (Lipinski definition) is 11. The molecule has 216 valence electrons.